The van der Waals surface area contributed by atoms with E-state index in [1.807, 2.05) is 0 Å². The molecule has 2 unspecified atom stereocenters. The number of rotatable bonds is 4. The predicted octanol–water partition coefficient (Wildman–Crippen LogP) is 1.86. The van der Waals surface area contributed by atoms with Gasteiger partial charge in [-0.15, -0.1) is 0 Å². The van der Waals surface area contributed by atoms with Crippen LogP contribution in [0, 0.1) is 17.1 Å². The van der Waals surface area contributed by atoms with Crippen LogP contribution in [0.2, 0.25) is 0 Å². The molecule has 2 atom stereocenters. The largest absolute Gasteiger partial charge is 0.508 e. The minimum absolute atomic E-state index is 0.114. The van der Waals surface area contributed by atoms with Gasteiger partial charge in [-0.05, 0) is 30.5 Å². The van der Waals surface area contributed by atoms with Crippen LogP contribution in [0.5, 0.6) is 5.75 Å². The maximum atomic E-state index is 13.1. The Hall–Kier alpha value is -1.64. The number of phenols is 1. The summed E-state index contributed by atoms with van der Waals surface area (Å²) >= 11 is 0. The molecule has 0 radical (unpaired) electrons. The highest BCUT2D eigenvalue weighted by atomic mass is 19.1. The summed E-state index contributed by atoms with van der Waals surface area (Å²) in [5.41, 5.74) is 0.424. The van der Waals surface area contributed by atoms with Crippen molar-refractivity contribution in [2.75, 3.05) is 13.2 Å². The lowest BCUT2D eigenvalue weighted by molar-refractivity contribution is 0.109. The Morgan fingerprint density at radius 3 is 3.00 bits per heavy atom. The maximum absolute atomic E-state index is 13.1. The molecular weight excluding hydrogens is 235 g/mol. The first kappa shape index (κ1) is 12.8. The summed E-state index contributed by atoms with van der Waals surface area (Å²) in [4.78, 5) is 0. The molecule has 5 heteroatoms. The highest BCUT2D eigenvalue weighted by Gasteiger charge is 2.18. The van der Waals surface area contributed by atoms with Crippen molar-refractivity contribution < 1.29 is 14.2 Å². The molecule has 1 heterocycles. The van der Waals surface area contributed by atoms with Gasteiger partial charge >= 0.3 is 0 Å². The molecular formula is C13H15FN2O2. The molecule has 1 aliphatic rings. The van der Waals surface area contributed by atoms with Crippen molar-refractivity contribution >= 4 is 0 Å². The van der Waals surface area contributed by atoms with Crippen LogP contribution in [0.4, 0.5) is 4.39 Å². The van der Waals surface area contributed by atoms with E-state index in [0.717, 1.165) is 25.5 Å². The third-order valence-corrected chi connectivity index (χ3v) is 2.94. The molecule has 4 nitrogen and oxygen atoms in total. The minimum Gasteiger partial charge on any atom is -0.508 e. The van der Waals surface area contributed by atoms with Crippen LogP contribution in [0.15, 0.2) is 18.2 Å². The van der Waals surface area contributed by atoms with E-state index in [0.29, 0.717) is 12.1 Å². The number of aromatic hydroxyl groups is 1. The van der Waals surface area contributed by atoms with Gasteiger partial charge in [0.1, 0.15) is 17.6 Å². The number of phenolic OH excluding ortho intramolecular Hbond substituents is 1. The zero-order valence-electron chi connectivity index (χ0n) is 9.90. The molecule has 0 aliphatic carbocycles. The Bertz CT molecular complexity index is 433. The first-order valence-electron chi connectivity index (χ1n) is 5.93. The zero-order valence-corrected chi connectivity index (χ0v) is 9.90. The number of hydrogen-bond acceptors (Lipinski definition) is 4. The minimum atomic E-state index is -0.643. The van der Waals surface area contributed by atoms with Gasteiger partial charge in [-0.3, -0.25) is 5.32 Å². The van der Waals surface area contributed by atoms with Crippen molar-refractivity contribution in [1.29, 1.82) is 5.26 Å². The molecule has 0 spiro atoms. The van der Waals surface area contributed by atoms with E-state index >= 15 is 0 Å². The van der Waals surface area contributed by atoms with Gasteiger partial charge < -0.3 is 9.84 Å². The highest BCUT2D eigenvalue weighted by Crippen LogP contribution is 2.21. The van der Waals surface area contributed by atoms with Crippen molar-refractivity contribution in [1.82, 2.24) is 5.32 Å². The molecule has 1 saturated heterocycles. The molecule has 1 aromatic carbocycles. The topological polar surface area (TPSA) is 65.3 Å². The van der Waals surface area contributed by atoms with Crippen LogP contribution < -0.4 is 5.32 Å². The summed E-state index contributed by atoms with van der Waals surface area (Å²) in [7, 11) is 0. The second-order valence-corrected chi connectivity index (χ2v) is 4.35. The molecule has 0 amide bonds. The Morgan fingerprint density at radius 1 is 1.56 bits per heavy atom. The summed E-state index contributed by atoms with van der Waals surface area (Å²) < 4.78 is 18.6. The van der Waals surface area contributed by atoms with E-state index in [1.54, 1.807) is 0 Å². The summed E-state index contributed by atoms with van der Waals surface area (Å²) in [5.74, 6) is -0.728. The molecule has 0 aromatic heterocycles. The van der Waals surface area contributed by atoms with Gasteiger partial charge in [-0.25, -0.2) is 4.39 Å². The molecule has 1 fully saturated rings. The van der Waals surface area contributed by atoms with Gasteiger partial charge in [0.15, 0.2) is 0 Å². The smallest absolute Gasteiger partial charge is 0.127 e. The van der Waals surface area contributed by atoms with Crippen LogP contribution >= 0.6 is 0 Å². The molecule has 1 aromatic rings. The molecule has 18 heavy (non-hydrogen) atoms. The molecule has 0 saturated carbocycles. The van der Waals surface area contributed by atoms with E-state index < -0.39 is 11.9 Å². The standard InChI is InChI=1S/C13H15FN2O2/c14-10-4-9(5-11(17)6-10)13(7-15)16-8-12-2-1-3-18-12/h4-6,12-13,16-17H,1-3,8H2. The van der Waals surface area contributed by atoms with Crippen LogP contribution in [0.3, 0.4) is 0 Å². The summed E-state index contributed by atoms with van der Waals surface area (Å²) in [6.07, 6.45) is 2.12. The lowest BCUT2D eigenvalue weighted by atomic mass is 10.1. The number of nitrogens with one attached hydrogen (secondary N) is 1. The van der Waals surface area contributed by atoms with Crippen LogP contribution in [-0.2, 0) is 4.74 Å². The van der Waals surface area contributed by atoms with Crippen molar-refractivity contribution in [2.24, 2.45) is 0 Å². The van der Waals surface area contributed by atoms with Crippen molar-refractivity contribution in [2.45, 2.75) is 25.0 Å². The van der Waals surface area contributed by atoms with Gasteiger partial charge in [-0.2, -0.15) is 5.26 Å². The van der Waals surface area contributed by atoms with E-state index in [1.165, 1.54) is 12.1 Å². The predicted molar refractivity (Wildman–Crippen MR) is 63.4 cm³/mol. The normalized spacial score (nSPS) is 20.6. The fourth-order valence-corrected chi connectivity index (χ4v) is 2.06. The number of hydrogen-bond donors (Lipinski definition) is 2. The number of nitriles is 1. The molecule has 0 bridgehead atoms. The third kappa shape index (κ3) is 3.19. The lowest BCUT2D eigenvalue weighted by Crippen LogP contribution is -2.29. The highest BCUT2D eigenvalue weighted by molar-refractivity contribution is 5.33. The fourth-order valence-electron chi connectivity index (χ4n) is 2.06. The first-order valence-corrected chi connectivity index (χ1v) is 5.93. The van der Waals surface area contributed by atoms with Crippen molar-refractivity contribution in [3.63, 3.8) is 0 Å². The van der Waals surface area contributed by atoms with Crippen LogP contribution in [0.25, 0.3) is 0 Å². The second kappa shape index (κ2) is 5.80. The Morgan fingerprint density at radius 2 is 2.39 bits per heavy atom. The Kier molecular flexibility index (Phi) is 4.13. The maximum Gasteiger partial charge on any atom is 0.127 e. The van der Waals surface area contributed by atoms with Gasteiger partial charge in [-0.1, -0.05) is 0 Å². The lowest BCUT2D eigenvalue weighted by Gasteiger charge is -2.15. The number of halogens is 1. The first-order chi connectivity index (χ1) is 8.69. The average molecular weight is 250 g/mol. The summed E-state index contributed by atoms with van der Waals surface area (Å²) in [6.45, 7) is 1.31. The Labute approximate surface area is 105 Å². The summed E-state index contributed by atoms with van der Waals surface area (Å²) in [5, 5.41) is 21.4. The Balaban J connectivity index is 2.01. The van der Waals surface area contributed by atoms with Crippen molar-refractivity contribution in [3.05, 3.63) is 29.6 Å². The zero-order chi connectivity index (χ0) is 13.0. The van der Waals surface area contributed by atoms with E-state index in [-0.39, 0.29) is 11.9 Å². The molecule has 96 valence electrons. The van der Waals surface area contributed by atoms with Crippen LogP contribution in [-0.4, -0.2) is 24.4 Å². The molecule has 1 aliphatic heterocycles. The van der Waals surface area contributed by atoms with Gasteiger partial charge in [0.2, 0.25) is 0 Å². The average Bonchev–Trinajstić information content (AvgIpc) is 2.81. The van der Waals surface area contributed by atoms with E-state index in [4.69, 9.17) is 10.00 Å². The van der Waals surface area contributed by atoms with E-state index in [9.17, 15) is 9.50 Å². The van der Waals surface area contributed by atoms with Gasteiger partial charge in [0, 0.05) is 19.2 Å². The fraction of sp³-hybridized carbons (Fsp3) is 0.462. The molecule has 2 N–H and O–H groups in total. The van der Waals surface area contributed by atoms with Crippen LogP contribution in [0.1, 0.15) is 24.4 Å². The summed E-state index contributed by atoms with van der Waals surface area (Å²) in [6, 6.07) is 5.06. The number of nitrogens with zero attached hydrogens (tertiary/aromatic N) is 1. The monoisotopic (exact) mass is 250 g/mol. The molecule has 2 rings (SSSR count). The SMILES string of the molecule is N#CC(NCC1CCCO1)c1cc(O)cc(F)c1. The number of benzene rings is 1. The number of ether oxygens (including phenoxy) is 1. The quantitative estimate of drug-likeness (QED) is 0.856. The van der Waals surface area contributed by atoms with Crippen molar-refractivity contribution in [3.8, 4) is 11.8 Å². The second-order valence-electron chi connectivity index (χ2n) is 4.35. The van der Waals surface area contributed by atoms with Gasteiger partial charge in [0.25, 0.3) is 0 Å². The van der Waals surface area contributed by atoms with Gasteiger partial charge in [0.05, 0.1) is 12.2 Å². The van der Waals surface area contributed by atoms with E-state index in [2.05, 4.69) is 11.4 Å². The third-order valence-electron chi connectivity index (χ3n) is 2.94.